The Balaban J connectivity index is 1.88. The Hall–Kier alpha value is -0.930. The lowest BCUT2D eigenvalue weighted by molar-refractivity contribution is 0.00884. The van der Waals surface area contributed by atoms with Crippen molar-refractivity contribution in [1.29, 1.82) is 0 Å². The van der Waals surface area contributed by atoms with Gasteiger partial charge in [0.15, 0.2) is 0 Å². The zero-order chi connectivity index (χ0) is 11.7. The Morgan fingerprint density at radius 1 is 1.29 bits per heavy atom. The minimum absolute atomic E-state index is 0.111. The Morgan fingerprint density at radius 2 is 2.24 bits per heavy atom. The molecule has 1 aromatic carbocycles. The number of rotatable bonds is 1. The van der Waals surface area contributed by atoms with Crippen molar-refractivity contribution in [3.05, 3.63) is 35.1 Å². The summed E-state index contributed by atoms with van der Waals surface area (Å²) in [6.45, 7) is 1.78. The Bertz CT molecular complexity index is 401. The van der Waals surface area contributed by atoms with Crippen molar-refractivity contribution in [3.63, 3.8) is 0 Å². The minimum Gasteiger partial charge on any atom is -0.372 e. The smallest absolute Gasteiger partial charge is 0.123 e. The molecule has 1 unspecified atom stereocenters. The van der Waals surface area contributed by atoms with Gasteiger partial charge < -0.3 is 10.1 Å². The van der Waals surface area contributed by atoms with Crippen LogP contribution in [-0.4, -0.2) is 19.2 Å². The normalized spacial score (nSPS) is 28.8. The SMILES string of the molecule is Fc1ccc2c(c1)CCO[C@H]2C1CCCCN1. The Morgan fingerprint density at radius 3 is 3.06 bits per heavy atom. The van der Waals surface area contributed by atoms with Gasteiger partial charge in [0, 0.05) is 6.04 Å². The number of hydrogen-bond donors (Lipinski definition) is 1. The summed E-state index contributed by atoms with van der Waals surface area (Å²) in [4.78, 5) is 0. The van der Waals surface area contributed by atoms with Gasteiger partial charge in [0.25, 0.3) is 0 Å². The summed E-state index contributed by atoms with van der Waals surface area (Å²) in [5.74, 6) is -0.138. The van der Waals surface area contributed by atoms with E-state index in [0.29, 0.717) is 12.6 Å². The quantitative estimate of drug-likeness (QED) is 0.807. The molecule has 2 nitrogen and oxygen atoms in total. The highest BCUT2D eigenvalue weighted by molar-refractivity contribution is 5.32. The van der Waals surface area contributed by atoms with Gasteiger partial charge in [-0.15, -0.1) is 0 Å². The molecule has 3 heteroatoms. The number of hydrogen-bond acceptors (Lipinski definition) is 2. The molecular weight excluding hydrogens is 217 g/mol. The van der Waals surface area contributed by atoms with Gasteiger partial charge in [0.1, 0.15) is 5.82 Å². The molecular formula is C14H18FNO. The maximum Gasteiger partial charge on any atom is 0.123 e. The molecule has 1 N–H and O–H groups in total. The van der Waals surface area contributed by atoms with Crippen LogP contribution in [0.25, 0.3) is 0 Å². The summed E-state index contributed by atoms with van der Waals surface area (Å²) in [6, 6.07) is 5.50. The lowest BCUT2D eigenvalue weighted by atomic mass is 9.89. The predicted molar refractivity (Wildman–Crippen MR) is 64.4 cm³/mol. The molecule has 0 aromatic heterocycles. The van der Waals surface area contributed by atoms with Crippen LogP contribution in [0.4, 0.5) is 4.39 Å². The number of piperidine rings is 1. The molecule has 2 aliphatic heterocycles. The molecule has 92 valence electrons. The van der Waals surface area contributed by atoms with Crippen LogP contribution in [0, 0.1) is 5.82 Å². The summed E-state index contributed by atoms with van der Waals surface area (Å²) in [6.07, 6.45) is 4.60. The first-order valence-corrected chi connectivity index (χ1v) is 6.48. The third-order valence-electron chi connectivity index (χ3n) is 3.79. The molecule has 0 spiro atoms. The van der Waals surface area contributed by atoms with Crippen LogP contribution in [0.15, 0.2) is 18.2 Å². The van der Waals surface area contributed by atoms with Crippen molar-refractivity contribution in [1.82, 2.24) is 5.32 Å². The minimum atomic E-state index is -0.138. The second kappa shape index (κ2) is 4.75. The number of fused-ring (bicyclic) bond motifs is 1. The third kappa shape index (κ3) is 2.22. The van der Waals surface area contributed by atoms with Crippen LogP contribution < -0.4 is 5.32 Å². The van der Waals surface area contributed by atoms with Gasteiger partial charge in [0.05, 0.1) is 12.7 Å². The number of ether oxygens (including phenoxy) is 1. The predicted octanol–water partition coefficient (Wildman–Crippen LogP) is 2.58. The Labute approximate surface area is 101 Å². The molecule has 17 heavy (non-hydrogen) atoms. The highest BCUT2D eigenvalue weighted by atomic mass is 19.1. The van der Waals surface area contributed by atoms with Crippen molar-refractivity contribution >= 4 is 0 Å². The van der Waals surface area contributed by atoms with Gasteiger partial charge in [-0.25, -0.2) is 4.39 Å². The van der Waals surface area contributed by atoms with E-state index < -0.39 is 0 Å². The molecule has 3 rings (SSSR count). The van der Waals surface area contributed by atoms with E-state index in [1.165, 1.54) is 18.4 Å². The summed E-state index contributed by atoms with van der Waals surface area (Å²) in [5.41, 5.74) is 2.30. The zero-order valence-corrected chi connectivity index (χ0v) is 9.92. The summed E-state index contributed by atoms with van der Waals surface area (Å²) in [7, 11) is 0. The topological polar surface area (TPSA) is 21.3 Å². The maximum atomic E-state index is 13.2. The zero-order valence-electron chi connectivity index (χ0n) is 9.92. The van der Waals surface area contributed by atoms with Gasteiger partial charge in [-0.05, 0) is 49.1 Å². The molecule has 1 saturated heterocycles. The fraction of sp³-hybridized carbons (Fsp3) is 0.571. The van der Waals surface area contributed by atoms with E-state index in [1.54, 1.807) is 12.1 Å². The molecule has 2 atom stereocenters. The number of halogens is 1. The van der Waals surface area contributed by atoms with E-state index in [4.69, 9.17) is 4.74 Å². The molecule has 0 bridgehead atoms. The van der Waals surface area contributed by atoms with Crippen molar-refractivity contribution in [2.75, 3.05) is 13.2 Å². The van der Waals surface area contributed by atoms with Crippen LogP contribution in [0.1, 0.15) is 36.5 Å². The lowest BCUT2D eigenvalue weighted by Gasteiger charge is -2.35. The summed E-state index contributed by atoms with van der Waals surface area (Å²) >= 11 is 0. The lowest BCUT2D eigenvalue weighted by Crippen LogP contribution is -2.41. The fourth-order valence-electron chi connectivity index (χ4n) is 2.92. The van der Waals surface area contributed by atoms with Crippen molar-refractivity contribution in [2.45, 2.75) is 37.8 Å². The van der Waals surface area contributed by atoms with Crippen molar-refractivity contribution in [3.8, 4) is 0 Å². The fourth-order valence-corrected chi connectivity index (χ4v) is 2.92. The first kappa shape index (κ1) is 11.2. The maximum absolute atomic E-state index is 13.2. The van der Waals surface area contributed by atoms with Gasteiger partial charge in [0.2, 0.25) is 0 Å². The van der Waals surface area contributed by atoms with Crippen LogP contribution in [0.5, 0.6) is 0 Å². The molecule has 2 aliphatic rings. The average Bonchev–Trinajstić information content (AvgIpc) is 2.39. The number of benzene rings is 1. The molecule has 2 heterocycles. The summed E-state index contributed by atoms with van der Waals surface area (Å²) < 4.78 is 19.1. The highest BCUT2D eigenvalue weighted by Gasteiger charge is 2.29. The van der Waals surface area contributed by atoms with Crippen molar-refractivity contribution in [2.24, 2.45) is 0 Å². The van der Waals surface area contributed by atoms with Crippen molar-refractivity contribution < 1.29 is 9.13 Å². The van der Waals surface area contributed by atoms with E-state index in [1.807, 2.05) is 6.07 Å². The molecule has 0 saturated carbocycles. The molecule has 0 amide bonds. The van der Waals surface area contributed by atoms with Crippen LogP contribution in [0.2, 0.25) is 0 Å². The third-order valence-corrected chi connectivity index (χ3v) is 3.79. The molecule has 0 radical (unpaired) electrons. The van der Waals surface area contributed by atoms with Crippen LogP contribution in [-0.2, 0) is 11.2 Å². The summed E-state index contributed by atoms with van der Waals surface area (Å²) in [5, 5.41) is 3.53. The first-order valence-electron chi connectivity index (χ1n) is 6.48. The monoisotopic (exact) mass is 235 g/mol. The molecule has 0 aliphatic carbocycles. The average molecular weight is 235 g/mol. The van der Waals surface area contributed by atoms with Gasteiger partial charge in [-0.1, -0.05) is 12.5 Å². The van der Waals surface area contributed by atoms with E-state index in [2.05, 4.69) is 5.32 Å². The van der Waals surface area contributed by atoms with E-state index >= 15 is 0 Å². The van der Waals surface area contributed by atoms with Gasteiger partial charge in [-0.3, -0.25) is 0 Å². The van der Waals surface area contributed by atoms with Gasteiger partial charge in [-0.2, -0.15) is 0 Å². The van der Waals surface area contributed by atoms with Crippen LogP contribution >= 0.6 is 0 Å². The van der Waals surface area contributed by atoms with E-state index in [9.17, 15) is 4.39 Å². The standard InChI is InChI=1S/C14H18FNO/c15-11-4-5-12-10(9-11)6-8-17-14(12)13-3-1-2-7-16-13/h4-5,9,13-14,16H,1-3,6-8H2/t13?,14-/m1/s1. The van der Waals surface area contributed by atoms with E-state index in [0.717, 1.165) is 24.9 Å². The van der Waals surface area contributed by atoms with Gasteiger partial charge >= 0.3 is 0 Å². The molecule has 1 aromatic rings. The molecule has 1 fully saturated rings. The van der Waals surface area contributed by atoms with E-state index in [-0.39, 0.29) is 11.9 Å². The number of nitrogens with one attached hydrogen (secondary N) is 1. The Kier molecular flexibility index (Phi) is 3.12. The second-order valence-corrected chi connectivity index (χ2v) is 4.94. The highest BCUT2D eigenvalue weighted by Crippen LogP contribution is 2.32. The van der Waals surface area contributed by atoms with Crippen LogP contribution in [0.3, 0.4) is 0 Å². The largest absolute Gasteiger partial charge is 0.372 e. The second-order valence-electron chi connectivity index (χ2n) is 4.94. The first-order chi connectivity index (χ1) is 8.34.